The van der Waals surface area contributed by atoms with E-state index in [1.807, 2.05) is 6.92 Å². The molecule has 0 atom stereocenters. The molecule has 2 aromatic carbocycles. The third-order valence-corrected chi connectivity index (χ3v) is 2.96. The standard InChI is InChI=1S/C18H17FO4/c1-2-22-17-11-13(7-9-18(20)21)6-8-16(17)23-12-14-4-3-5-15(19)10-14/h3-11H,2,12H2,1H3,(H,20,21)/p-1/b9-7+. The van der Waals surface area contributed by atoms with E-state index in [1.54, 1.807) is 30.3 Å². The molecule has 0 saturated heterocycles. The van der Waals surface area contributed by atoms with Crippen molar-refractivity contribution < 1.29 is 23.8 Å². The molecule has 0 spiro atoms. The number of carboxylic acids is 1. The van der Waals surface area contributed by atoms with Crippen molar-refractivity contribution in [3.8, 4) is 11.5 Å². The van der Waals surface area contributed by atoms with Gasteiger partial charge in [-0.2, -0.15) is 0 Å². The molecule has 0 aliphatic carbocycles. The zero-order chi connectivity index (χ0) is 16.7. The highest BCUT2D eigenvalue weighted by Crippen LogP contribution is 2.29. The second-order valence-corrected chi connectivity index (χ2v) is 4.71. The highest BCUT2D eigenvalue weighted by Gasteiger charge is 2.06. The van der Waals surface area contributed by atoms with E-state index in [0.29, 0.717) is 29.2 Å². The van der Waals surface area contributed by atoms with Gasteiger partial charge in [-0.05, 0) is 48.4 Å². The third-order valence-electron chi connectivity index (χ3n) is 2.96. The number of aliphatic carboxylic acids is 1. The average molecular weight is 315 g/mol. The second-order valence-electron chi connectivity index (χ2n) is 4.71. The molecule has 23 heavy (non-hydrogen) atoms. The van der Waals surface area contributed by atoms with Crippen molar-refractivity contribution >= 4 is 12.0 Å². The molecule has 0 amide bonds. The summed E-state index contributed by atoms with van der Waals surface area (Å²) in [5, 5.41) is 10.5. The Hall–Kier alpha value is -2.82. The van der Waals surface area contributed by atoms with E-state index < -0.39 is 5.97 Å². The molecule has 0 saturated carbocycles. The van der Waals surface area contributed by atoms with Gasteiger partial charge in [0.05, 0.1) is 12.6 Å². The van der Waals surface area contributed by atoms with Crippen LogP contribution in [0.15, 0.2) is 48.5 Å². The van der Waals surface area contributed by atoms with Crippen LogP contribution in [0.3, 0.4) is 0 Å². The van der Waals surface area contributed by atoms with Crippen molar-refractivity contribution in [3.63, 3.8) is 0 Å². The Labute approximate surface area is 133 Å². The number of ether oxygens (including phenoxy) is 2. The van der Waals surface area contributed by atoms with E-state index in [2.05, 4.69) is 0 Å². The summed E-state index contributed by atoms with van der Waals surface area (Å²) in [5.41, 5.74) is 1.35. The van der Waals surface area contributed by atoms with Crippen molar-refractivity contribution in [2.24, 2.45) is 0 Å². The first-order valence-electron chi connectivity index (χ1n) is 7.11. The van der Waals surface area contributed by atoms with E-state index in [9.17, 15) is 14.3 Å². The van der Waals surface area contributed by atoms with Crippen molar-refractivity contribution in [2.45, 2.75) is 13.5 Å². The van der Waals surface area contributed by atoms with Crippen LogP contribution in [0.1, 0.15) is 18.1 Å². The van der Waals surface area contributed by atoms with Crippen LogP contribution in [0, 0.1) is 5.82 Å². The number of rotatable bonds is 7. The molecule has 0 aliphatic heterocycles. The lowest BCUT2D eigenvalue weighted by Crippen LogP contribution is -2.18. The van der Waals surface area contributed by atoms with Gasteiger partial charge in [-0.3, -0.25) is 0 Å². The lowest BCUT2D eigenvalue weighted by atomic mass is 10.2. The summed E-state index contributed by atoms with van der Waals surface area (Å²) in [6, 6.07) is 11.2. The van der Waals surface area contributed by atoms with Crippen molar-refractivity contribution in [1.29, 1.82) is 0 Å². The van der Waals surface area contributed by atoms with Crippen molar-refractivity contribution in [1.82, 2.24) is 0 Å². The highest BCUT2D eigenvalue weighted by atomic mass is 19.1. The number of halogens is 1. The van der Waals surface area contributed by atoms with Crippen LogP contribution < -0.4 is 14.6 Å². The quantitative estimate of drug-likeness (QED) is 0.737. The molecule has 0 unspecified atom stereocenters. The number of carboxylic acid groups (broad SMARTS) is 1. The van der Waals surface area contributed by atoms with E-state index >= 15 is 0 Å². The Morgan fingerprint density at radius 3 is 2.70 bits per heavy atom. The van der Waals surface area contributed by atoms with Crippen molar-refractivity contribution in [2.75, 3.05) is 6.61 Å². The molecule has 0 heterocycles. The number of hydrogen-bond donors (Lipinski definition) is 0. The van der Waals surface area contributed by atoms with Crippen molar-refractivity contribution in [3.05, 3.63) is 65.5 Å². The highest BCUT2D eigenvalue weighted by molar-refractivity contribution is 5.83. The molecule has 0 aliphatic rings. The summed E-state index contributed by atoms with van der Waals surface area (Å²) in [5.74, 6) is -0.598. The maximum Gasteiger partial charge on any atom is 0.161 e. The van der Waals surface area contributed by atoms with Crippen LogP contribution >= 0.6 is 0 Å². The predicted octanol–water partition coefficient (Wildman–Crippen LogP) is 2.57. The first-order chi connectivity index (χ1) is 11.1. The van der Waals surface area contributed by atoms with Gasteiger partial charge in [0.1, 0.15) is 12.4 Å². The van der Waals surface area contributed by atoms with Gasteiger partial charge in [0.15, 0.2) is 11.5 Å². The van der Waals surface area contributed by atoms with Gasteiger partial charge in [0, 0.05) is 0 Å². The Morgan fingerprint density at radius 2 is 2.00 bits per heavy atom. The Balaban J connectivity index is 2.15. The molecule has 2 aromatic rings. The first-order valence-corrected chi connectivity index (χ1v) is 7.11. The summed E-state index contributed by atoms with van der Waals surface area (Å²) in [6.45, 7) is 2.47. The van der Waals surface area contributed by atoms with Gasteiger partial charge in [-0.1, -0.05) is 24.3 Å². The van der Waals surface area contributed by atoms with Crippen LogP contribution in [-0.4, -0.2) is 12.6 Å². The number of benzene rings is 2. The number of carbonyl (C=O) groups is 1. The summed E-state index contributed by atoms with van der Waals surface area (Å²) < 4.78 is 24.3. The normalized spacial score (nSPS) is 10.7. The largest absolute Gasteiger partial charge is 0.545 e. The van der Waals surface area contributed by atoms with Crippen LogP contribution in [0.2, 0.25) is 0 Å². The van der Waals surface area contributed by atoms with E-state index in [1.165, 1.54) is 18.2 Å². The molecule has 0 radical (unpaired) electrons. The Kier molecular flexibility index (Phi) is 5.74. The third kappa shape index (κ3) is 5.14. The number of hydrogen-bond acceptors (Lipinski definition) is 4. The molecular weight excluding hydrogens is 299 g/mol. The van der Waals surface area contributed by atoms with Gasteiger partial charge in [-0.15, -0.1) is 0 Å². The van der Waals surface area contributed by atoms with Gasteiger partial charge < -0.3 is 19.4 Å². The minimum Gasteiger partial charge on any atom is -0.545 e. The zero-order valence-electron chi connectivity index (χ0n) is 12.6. The van der Waals surface area contributed by atoms with Crippen LogP contribution in [-0.2, 0) is 11.4 Å². The van der Waals surface area contributed by atoms with Crippen LogP contribution in [0.25, 0.3) is 6.08 Å². The van der Waals surface area contributed by atoms with E-state index in [4.69, 9.17) is 9.47 Å². The second kappa shape index (κ2) is 7.98. The molecule has 0 fully saturated rings. The van der Waals surface area contributed by atoms with E-state index in [-0.39, 0.29) is 12.4 Å². The maximum absolute atomic E-state index is 13.2. The molecule has 0 N–H and O–H groups in total. The summed E-state index contributed by atoms with van der Waals surface area (Å²) >= 11 is 0. The van der Waals surface area contributed by atoms with Crippen LogP contribution in [0.5, 0.6) is 11.5 Å². The fraction of sp³-hybridized carbons (Fsp3) is 0.167. The van der Waals surface area contributed by atoms with Gasteiger partial charge in [0.25, 0.3) is 0 Å². The molecule has 0 bridgehead atoms. The Morgan fingerprint density at radius 1 is 1.17 bits per heavy atom. The zero-order valence-corrected chi connectivity index (χ0v) is 12.6. The summed E-state index contributed by atoms with van der Waals surface area (Å²) in [7, 11) is 0. The summed E-state index contributed by atoms with van der Waals surface area (Å²) in [6.07, 6.45) is 2.35. The molecule has 0 aromatic heterocycles. The van der Waals surface area contributed by atoms with Gasteiger partial charge in [0.2, 0.25) is 0 Å². The smallest absolute Gasteiger partial charge is 0.161 e. The lowest BCUT2D eigenvalue weighted by Gasteiger charge is -2.13. The minimum atomic E-state index is -1.27. The van der Waals surface area contributed by atoms with Crippen LogP contribution in [0.4, 0.5) is 4.39 Å². The molecule has 120 valence electrons. The summed E-state index contributed by atoms with van der Waals surface area (Å²) in [4.78, 5) is 10.5. The monoisotopic (exact) mass is 315 g/mol. The Bertz CT molecular complexity index is 710. The topological polar surface area (TPSA) is 58.6 Å². The number of carbonyl (C=O) groups excluding carboxylic acids is 1. The lowest BCUT2D eigenvalue weighted by molar-refractivity contribution is -0.297. The van der Waals surface area contributed by atoms with E-state index in [0.717, 1.165) is 6.08 Å². The SMILES string of the molecule is CCOc1cc(/C=C/C(=O)[O-])ccc1OCc1cccc(F)c1. The molecule has 5 heteroatoms. The maximum atomic E-state index is 13.2. The first kappa shape index (κ1) is 16.5. The molecule has 2 rings (SSSR count). The molecule has 4 nitrogen and oxygen atoms in total. The minimum absolute atomic E-state index is 0.200. The van der Waals surface area contributed by atoms with Gasteiger partial charge in [-0.25, -0.2) is 4.39 Å². The van der Waals surface area contributed by atoms with Gasteiger partial charge >= 0.3 is 0 Å². The predicted molar refractivity (Wildman–Crippen MR) is 82.4 cm³/mol. The fourth-order valence-electron chi connectivity index (χ4n) is 1.97. The molecular formula is C18H16FO4-. The fourth-order valence-corrected chi connectivity index (χ4v) is 1.97. The average Bonchev–Trinajstić information content (AvgIpc) is 2.52.